The lowest BCUT2D eigenvalue weighted by atomic mass is 10.2. The molecule has 0 heterocycles. The number of anilines is 1. The summed E-state index contributed by atoms with van der Waals surface area (Å²) in [6.45, 7) is -0.108. The minimum absolute atomic E-state index is 0.0674. The van der Waals surface area contributed by atoms with Gasteiger partial charge in [0.25, 0.3) is 10.0 Å². The minimum Gasteiger partial charge on any atom is -0.497 e. The first-order chi connectivity index (χ1) is 14.9. The molecule has 3 rings (SSSR count). The number of carbonyl (C=O) groups is 1. The zero-order chi connectivity index (χ0) is 22.3. The summed E-state index contributed by atoms with van der Waals surface area (Å²) in [5, 5.41) is 2.77. The largest absolute Gasteiger partial charge is 0.497 e. The Bertz CT molecular complexity index is 1120. The fourth-order valence-corrected chi connectivity index (χ4v) is 4.37. The third-order valence-electron chi connectivity index (χ3n) is 4.60. The van der Waals surface area contributed by atoms with E-state index in [4.69, 9.17) is 9.47 Å². The smallest absolute Gasteiger partial charge is 0.264 e. The van der Waals surface area contributed by atoms with E-state index in [1.165, 1.54) is 19.2 Å². The lowest BCUT2D eigenvalue weighted by molar-refractivity contribution is -0.119. The Morgan fingerprint density at radius 2 is 1.55 bits per heavy atom. The predicted molar refractivity (Wildman–Crippen MR) is 119 cm³/mol. The first-order valence-electron chi connectivity index (χ1n) is 9.55. The van der Waals surface area contributed by atoms with Gasteiger partial charge in [-0.15, -0.1) is 0 Å². The molecule has 31 heavy (non-hydrogen) atoms. The molecule has 8 heteroatoms. The number of benzene rings is 3. The lowest BCUT2D eigenvalue weighted by Crippen LogP contribution is -2.40. The molecule has 162 valence electrons. The number of sulfonamides is 1. The summed E-state index contributed by atoms with van der Waals surface area (Å²) >= 11 is 0. The van der Waals surface area contributed by atoms with Gasteiger partial charge < -0.3 is 14.8 Å². The maximum atomic E-state index is 13.3. The van der Waals surface area contributed by atoms with Gasteiger partial charge in [-0.25, -0.2) is 8.42 Å². The monoisotopic (exact) mass is 440 g/mol. The van der Waals surface area contributed by atoms with E-state index in [-0.39, 0.29) is 18.0 Å². The van der Waals surface area contributed by atoms with Crippen molar-refractivity contribution in [3.8, 4) is 11.5 Å². The van der Waals surface area contributed by atoms with Crippen LogP contribution in [-0.2, 0) is 21.4 Å². The summed E-state index contributed by atoms with van der Waals surface area (Å²) in [5.74, 6) is 0.796. The maximum absolute atomic E-state index is 13.3. The zero-order valence-corrected chi connectivity index (χ0v) is 18.1. The lowest BCUT2D eigenvalue weighted by Gasteiger charge is -2.24. The van der Waals surface area contributed by atoms with Crippen LogP contribution in [0.2, 0.25) is 0 Å². The van der Waals surface area contributed by atoms with Crippen LogP contribution in [-0.4, -0.2) is 35.1 Å². The molecular weight excluding hydrogens is 416 g/mol. The van der Waals surface area contributed by atoms with Crippen LogP contribution in [0.4, 0.5) is 5.69 Å². The number of carbonyl (C=O) groups excluding carboxylic acids is 1. The van der Waals surface area contributed by atoms with Crippen molar-refractivity contribution in [2.24, 2.45) is 0 Å². The van der Waals surface area contributed by atoms with E-state index in [0.29, 0.717) is 17.2 Å². The summed E-state index contributed by atoms with van der Waals surface area (Å²) in [6.07, 6.45) is 0. The van der Waals surface area contributed by atoms with Gasteiger partial charge in [-0.1, -0.05) is 30.3 Å². The Morgan fingerprint density at radius 1 is 0.871 bits per heavy atom. The fraction of sp³-hybridized carbons (Fsp3) is 0.174. The van der Waals surface area contributed by atoms with E-state index < -0.39 is 15.9 Å². The minimum atomic E-state index is -3.97. The van der Waals surface area contributed by atoms with E-state index in [0.717, 1.165) is 9.87 Å². The van der Waals surface area contributed by atoms with Gasteiger partial charge in [0.15, 0.2) is 0 Å². The van der Waals surface area contributed by atoms with Crippen LogP contribution >= 0.6 is 0 Å². The van der Waals surface area contributed by atoms with Gasteiger partial charge in [-0.05, 0) is 54.1 Å². The third kappa shape index (κ3) is 5.55. The van der Waals surface area contributed by atoms with Gasteiger partial charge in [-0.3, -0.25) is 9.10 Å². The van der Waals surface area contributed by atoms with Crippen LogP contribution in [0.25, 0.3) is 0 Å². The van der Waals surface area contributed by atoms with Gasteiger partial charge in [0.1, 0.15) is 18.0 Å². The third-order valence-corrected chi connectivity index (χ3v) is 6.39. The average molecular weight is 441 g/mol. The SMILES string of the molecule is COc1ccc(S(=O)(=O)N(CC(=O)NCc2cccc(OC)c2)c2ccccc2)cc1. The maximum Gasteiger partial charge on any atom is 0.264 e. The van der Waals surface area contributed by atoms with Crippen molar-refractivity contribution in [2.75, 3.05) is 25.1 Å². The molecule has 0 spiro atoms. The molecule has 0 fully saturated rings. The molecule has 0 saturated carbocycles. The normalized spacial score (nSPS) is 10.9. The summed E-state index contributed by atoms with van der Waals surface area (Å²) in [4.78, 5) is 12.7. The number of nitrogens with zero attached hydrogens (tertiary/aromatic N) is 1. The van der Waals surface area contributed by atoms with Gasteiger partial charge in [0.2, 0.25) is 5.91 Å². The second kappa shape index (κ2) is 9.99. The van der Waals surface area contributed by atoms with Crippen molar-refractivity contribution in [3.05, 3.63) is 84.4 Å². The molecule has 7 nitrogen and oxygen atoms in total. The number of para-hydroxylation sites is 1. The number of rotatable bonds is 9. The van der Waals surface area contributed by atoms with Gasteiger partial charge >= 0.3 is 0 Å². The zero-order valence-electron chi connectivity index (χ0n) is 17.3. The molecule has 0 radical (unpaired) electrons. The van der Waals surface area contributed by atoms with E-state index in [1.54, 1.807) is 49.6 Å². The summed E-state index contributed by atoms with van der Waals surface area (Å²) < 4.78 is 38.0. The van der Waals surface area contributed by atoms with Crippen molar-refractivity contribution >= 4 is 21.6 Å². The van der Waals surface area contributed by atoms with E-state index in [9.17, 15) is 13.2 Å². The Balaban J connectivity index is 1.81. The number of nitrogens with one attached hydrogen (secondary N) is 1. The second-order valence-electron chi connectivity index (χ2n) is 6.65. The van der Waals surface area contributed by atoms with Gasteiger partial charge in [0, 0.05) is 6.54 Å². The molecule has 3 aromatic carbocycles. The van der Waals surface area contributed by atoms with Crippen LogP contribution < -0.4 is 19.1 Å². The highest BCUT2D eigenvalue weighted by Gasteiger charge is 2.27. The Labute approximate surface area is 182 Å². The highest BCUT2D eigenvalue weighted by atomic mass is 32.2. The van der Waals surface area contributed by atoms with Crippen molar-refractivity contribution in [2.45, 2.75) is 11.4 Å². The number of ether oxygens (including phenoxy) is 2. The van der Waals surface area contributed by atoms with Gasteiger partial charge in [0.05, 0.1) is 24.8 Å². The molecule has 1 amide bonds. The molecule has 0 unspecified atom stereocenters. The average Bonchev–Trinajstić information content (AvgIpc) is 2.81. The molecule has 0 atom stereocenters. The van der Waals surface area contributed by atoms with E-state index in [2.05, 4.69) is 5.32 Å². The predicted octanol–water partition coefficient (Wildman–Crippen LogP) is 3.22. The van der Waals surface area contributed by atoms with E-state index >= 15 is 0 Å². The van der Waals surface area contributed by atoms with Crippen molar-refractivity contribution < 1.29 is 22.7 Å². The molecule has 3 aromatic rings. The Kier molecular flexibility index (Phi) is 7.15. The summed E-state index contributed by atoms with van der Waals surface area (Å²) in [5.41, 5.74) is 1.24. The Hall–Kier alpha value is -3.52. The molecular formula is C23H24N2O5S. The molecule has 0 bridgehead atoms. The number of methoxy groups -OCH3 is 2. The highest BCUT2D eigenvalue weighted by molar-refractivity contribution is 7.92. The second-order valence-corrected chi connectivity index (χ2v) is 8.51. The fourth-order valence-electron chi connectivity index (χ4n) is 2.95. The van der Waals surface area contributed by atoms with Crippen molar-refractivity contribution in [1.29, 1.82) is 0 Å². The summed E-state index contributed by atoms with van der Waals surface area (Å²) in [6, 6.07) is 21.9. The first kappa shape index (κ1) is 22.2. The topological polar surface area (TPSA) is 84.9 Å². The summed E-state index contributed by atoms with van der Waals surface area (Å²) in [7, 11) is -0.896. The number of hydrogen-bond donors (Lipinski definition) is 1. The standard InChI is InChI=1S/C23H24N2O5S/c1-29-20-11-13-22(14-12-20)31(27,28)25(19-8-4-3-5-9-19)17-23(26)24-16-18-7-6-10-21(15-18)30-2/h3-15H,16-17H2,1-2H3,(H,24,26). The molecule has 0 aromatic heterocycles. The van der Waals surface area contributed by atoms with Crippen LogP contribution in [0.3, 0.4) is 0 Å². The highest BCUT2D eigenvalue weighted by Crippen LogP contribution is 2.25. The molecule has 0 aliphatic carbocycles. The van der Waals surface area contributed by atoms with Crippen LogP contribution in [0.5, 0.6) is 11.5 Å². The Morgan fingerprint density at radius 3 is 2.19 bits per heavy atom. The molecule has 0 aliphatic rings. The quantitative estimate of drug-likeness (QED) is 0.552. The molecule has 1 N–H and O–H groups in total. The molecule has 0 aliphatic heterocycles. The van der Waals surface area contributed by atoms with Crippen molar-refractivity contribution in [1.82, 2.24) is 5.32 Å². The first-order valence-corrected chi connectivity index (χ1v) is 11.0. The van der Waals surface area contributed by atoms with E-state index in [1.807, 2.05) is 24.3 Å². The van der Waals surface area contributed by atoms with Crippen LogP contribution in [0.15, 0.2) is 83.8 Å². The van der Waals surface area contributed by atoms with Gasteiger partial charge in [-0.2, -0.15) is 0 Å². The molecule has 0 saturated heterocycles. The number of hydrogen-bond acceptors (Lipinski definition) is 5. The van der Waals surface area contributed by atoms with Crippen LogP contribution in [0, 0.1) is 0 Å². The number of amides is 1. The van der Waals surface area contributed by atoms with Crippen molar-refractivity contribution in [3.63, 3.8) is 0 Å². The van der Waals surface area contributed by atoms with Crippen LogP contribution in [0.1, 0.15) is 5.56 Å².